The van der Waals surface area contributed by atoms with Crippen molar-refractivity contribution in [3.05, 3.63) is 34.5 Å². The first-order valence-electron chi connectivity index (χ1n) is 5.65. The first-order chi connectivity index (χ1) is 7.75. The molecule has 0 spiro atoms. The van der Waals surface area contributed by atoms with Crippen LogP contribution in [0.1, 0.15) is 0 Å². The van der Waals surface area contributed by atoms with Crippen LogP contribution < -0.4 is 15.8 Å². The van der Waals surface area contributed by atoms with Crippen LogP contribution in [0.25, 0.3) is 11.8 Å². The van der Waals surface area contributed by atoms with E-state index < -0.39 is 0 Å². The van der Waals surface area contributed by atoms with Crippen LogP contribution in [0, 0.1) is 11.7 Å². The van der Waals surface area contributed by atoms with Gasteiger partial charge in [0.25, 0.3) is 0 Å². The number of nitrogens with zero attached hydrogens (tertiary/aromatic N) is 1. The number of likely N-dealkylation sites (tertiary alicyclic amines) is 1. The van der Waals surface area contributed by atoms with Gasteiger partial charge in [0.2, 0.25) is 0 Å². The van der Waals surface area contributed by atoms with Gasteiger partial charge in [-0.15, -0.1) is 0 Å². The Hall–Kier alpha value is -1.35. The molecular formula is C13H15FN2. The Morgan fingerprint density at radius 2 is 2.31 bits per heavy atom. The van der Waals surface area contributed by atoms with Crippen LogP contribution in [0.4, 0.5) is 4.39 Å². The van der Waals surface area contributed by atoms with Gasteiger partial charge in [-0.05, 0) is 18.7 Å². The maximum Gasteiger partial charge on any atom is 0.131 e. The van der Waals surface area contributed by atoms with E-state index in [-0.39, 0.29) is 5.82 Å². The van der Waals surface area contributed by atoms with Gasteiger partial charge >= 0.3 is 0 Å². The maximum absolute atomic E-state index is 13.9. The lowest BCUT2D eigenvalue weighted by Gasteiger charge is -2.09. The average molecular weight is 218 g/mol. The lowest BCUT2D eigenvalue weighted by molar-refractivity contribution is 0.394. The summed E-state index contributed by atoms with van der Waals surface area (Å²) in [6.45, 7) is 2.81. The predicted molar refractivity (Wildman–Crippen MR) is 62.5 cm³/mol. The van der Waals surface area contributed by atoms with Crippen molar-refractivity contribution >= 4 is 11.8 Å². The van der Waals surface area contributed by atoms with E-state index in [2.05, 4.69) is 17.3 Å². The molecule has 0 saturated carbocycles. The second-order valence-electron chi connectivity index (χ2n) is 4.68. The molecule has 1 fully saturated rings. The van der Waals surface area contributed by atoms with Gasteiger partial charge in [-0.3, -0.25) is 0 Å². The minimum absolute atomic E-state index is 0.0900. The molecule has 1 unspecified atom stereocenters. The zero-order valence-corrected chi connectivity index (χ0v) is 9.33. The first kappa shape index (κ1) is 9.85. The van der Waals surface area contributed by atoms with Crippen molar-refractivity contribution in [2.45, 2.75) is 0 Å². The molecule has 2 heterocycles. The fourth-order valence-corrected chi connectivity index (χ4v) is 2.75. The minimum Gasteiger partial charge on any atom is -0.390 e. The Bertz CT molecular complexity index is 535. The van der Waals surface area contributed by atoms with Crippen LogP contribution >= 0.6 is 0 Å². The first-order valence-corrected chi connectivity index (χ1v) is 5.65. The van der Waals surface area contributed by atoms with Crippen LogP contribution in [0.3, 0.4) is 0 Å². The fraction of sp³-hybridized carbons (Fsp3) is 0.385. The molecule has 1 atom stereocenters. The molecule has 3 heteroatoms. The van der Waals surface area contributed by atoms with Gasteiger partial charge in [-0.1, -0.05) is 12.1 Å². The van der Waals surface area contributed by atoms with Crippen molar-refractivity contribution in [2.75, 3.05) is 26.7 Å². The van der Waals surface area contributed by atoms with Crippen LogP contribution in [-0.4, -0.2) is 31.6 Å². The fourth-order valence-electron chi connectivity index (χ4n) is 2.75. The molecule has 3 rings (SSSR count). The molecular weight excluding hydrogens is 203 g/mol. The number of benzene rings is 1. The lowest BCUT2D eigenvalue weighted by atomic mass is 10.00. The summed E-state index contributed by atoms with van der Waals surface area (Å²) >= 11 is 0. The molecule has 16 heavy (non-hydrogen) atoms. The molecule has 0 radical (unpaired) electrons. The SMILES string of the molecule is CN1CC2=c3c(F)cccc3=CNCC2C1. The molecule has 0 amide bonds. The van der Waals surface area contributed by atoms with E-state index in [9.17, 15) is 4.39 Å². The van der Waals surface area contributed by atoms with Crippen LogP contribution in [0.15, 0.2) is 18.2 Å². The Labute approximate surface area is 94.1 Å². The summed E-state index contributed by atoms with van der Waals surface area (Å²) in [6.07, 6.45) is 1.93. The topological polar surface area (TPSA) is 15.3 Å². The Morgan fingerprint density at radius 3 is 3.19 bits per heavy atom. The average Bonchev–Trinajstić information content (AvgIpc) is 2.51. The zero-order valence-electron chi connectivity index (χ0n) is 9.33. The highest BCUT2D eigenvalue weighted by molar-refractivity contribution is 5.55. The second-order valence-corrected chi connectivity index (χ2v) is 4.68. The van der Waals surface area contributed by atoms with E-state index in [1.165, 1.54) is 5.57 Å². The number of fused-ring (bicyclic) bond motifs is 2. The van der Waals surface area contributed by atoms with Crippen molar-refractivity contribution in [1.29, 1.82) is 0 Å². The molecule has 2 aliphatic heterocycles. The van der Waals surface area contributed by atoms with Crippen molar-refractivity contribution in [3.8, 4) is 0 Å². The van der Waals surface area contributed by atoms with Gasteiger partial charge < -0.3 is 10.2 Å². The molecule has 1 saturated heterocycles. The van der Waals surface area contributed by atoms with Crippen molar-refractivity contribution in [1.82, 2.24) is 10.2 Å². The highest BCUT2D eigenvalue weighted by Crippen LogP contribution is 2.21. The van der Waals surface area contributed by atoms with Crippen LogP contribution in [-0.2, 0) is 0 Å². The summed E-state index contributed by atoms with van der Waals surface area (Å²) in [6, 6.07) is 5.30. The summed E-state index contributed by atoms with van der Waals surface area (Å²) in [5.41, 5.74) is 1.25. The molecule has 2 nitrogen and oxygen atoms in total. The number of rotatable bonds is 0. The quantitative estimate of drug-likeness (QED) is 0.653. The molecule has 1 aromatic rings. The smallest absolute Gasteiger partial charge is 0.131 e. The number of hydrogen-bond donors (Lipinski definition) is 1. The van der Waals surface area contributed by atoms with E-state index >= 15 is 0 Å². The van der Waals surface area contributed by atoms with Gasteiger partial charge in [-0.25, -0.2) is 4.39 Å². The standard InChI is InChI=1S/C13H15FN2/c1-16-7-10-6-15-5-9-3-2-4-12(14)13(9)11(10)8-16/h2-5,10,15H,6-8H2,1H3. The van der Waals surface area contributed by atoms with E-state index in [1.54, 1.807) is 12.1 Å². The second kappa shape index (κ2) is 3.59. The largest absolute Gasteiger partial charge is 0.390 e. The molecule has 0 aliphatic carbocycles. The van der Waals surface area contributed by atoms with Crippen LogP contribution in [0.2, 0.25) is 0 Å². The third-order valence-electron chi connectivity index (χ3n) is 3.45. The summed E-state index contributed by atoms with van der Waals surface area (Å²) < 4.78 is 13.9. The molecule has 1 N–H and O–H groups in total. The summed E-state index contributed by atoms with van der Waals surface area (Å²) in [4.78, 5) is 2.25. The minimum atomic E-state index is -0.0900. The van der Waals surface area contributed by atoms with E-state index in [0.29, 0.717) is 5.92 Å². The predicted octanol–water partition coefficient (Wildman–Crippen LogP) is -0.121. The third kappa shape index (κ3) is 1.43. The van der Waals surface area contributed by atoms with Gasteiger partial charge in [-0.2, -0.15) is 0 Å². The molecule has 0 aromatic heterocycles. The summed E-state index contributed by atoms with van der Waals surface area (Å²) in [5, 5.41) is 5.08. The third-order valence-corrected chi connectivity index (χ3v) is 3.45. The van der Waals surface area contributed by atoms with E-state index in [0.717, 1.165) is 30.1 Å². The Morgan fingerprint density at radius 1 is 1.44 bits per heavy atom. The van der Waals surface area contributed by atoms with Gasteiger partial charge in [0.05, 0.1) is 0 Å². The Balaban J connectivity index is 2.36. The van der Waals surface area contributed by atoms with E-state index in [1.807, 2.05) is 12.3 Å². The van der Waals surface area contributed by atoms with Crippen LogP contribution in [0.5, 0.6) is 0 Å². The number of halogens is 1. The monoisotopic (exact) mass is 218 g/mol. The maximum atomic E-state index is 13.9. The molecule has 0 bridgehead atoms. The number of nitrogens with one attached hydrogen (secondary N) is 1. The number of hydrogen-bond acceptors (Lipinski definition) is 2. The molecule has 84 valence electrons. The summed E-state index contributed by atoms with van der Waals surface area (Å²) in [7, 11) is 2.09. The lowest BCUT2D eigenvalue weighted by Crippen LogP contribution is -2.31. The van der Waals surface area contributed by atoms with Gasteiger partial charge in [0, 0.05) is 42.2 Å². The van der Waals surface area contributed by atoms with Crippen molar-refractivity contribution in [3.63, 3.8) is 0 Å². The normalized spacial score (nSPS) is 24.1. The molecule has 1 aromatic carbocycles. The highest BCUT2D eigenvalue weighted by atomic mass is 19.1. The molecule has 2 aliphatic rings. The zero-order chi connectivity index (χ0) is 11.1. The highest BCUT2D eigenvalue weighted by Gasteiger charge is 2.27. The van der Waals surface area contributed by atoms with Gasteiger partial charge in [0.1, 0.15) is 5.82 Å². The Kier molecular flexibility index (Phi) is 2.21. The van der Waals surface area contributed by atoms with E-state index in [4.69, 9.17) is 0 Å². The van der Waals surface area contributed by atoms with Crippen molar-refractivity contribution in [2.24, 2.45) is 5.92 Å². The summed E-state index contributed by atoms with van der Waals surface area (Å²) in [5.74, 6) is 0.354. The van der Waals surface area contributed by atoms with Crippen molar-refractivity contribution < 1.29 is 4.39 Å². The van der Waals surface area contributed by atoms with Gasteiger partial charge in [0.15, 0.2) is 0 Å².